The maximum absolute atomic E-state index is 13.6. The van der Waals surface area contributed by atoms with E-state index in [0.29, 0.717) is 24.7 Å². The van der Waals surface area contributed by atoms with Crippen LogP contribution in [-0.2, 0) is 6.54 Å². The highest BCUT2D eigenvalue weighted by Gasteiger charge is 2.07. The summed E-state index contributed by atoms with van der Waals surface area (Å²) in [6, 6.07) is 3.65. The molecule has 6 heteroatoms. The molecular weight excluding hydrogens is 247 g/mol. The zero-order valence-corrected chi connectivity index (χ0v) is 10.9. The highest BCUT2D eigenvalue weighted by atomic mass is 19.1. The van der Waals surface area contributed by atoms with Crippen molar-refractivity contribution in [3.8, 4) is 5.88 Å². The van der Waals surface area contributed by atoms with Gasteiger partial charge in [-0.25, -0.2) is 19.3 Å². The molecule has 0 aliphatic rings. The molecule has 0 fully saturated rings. The molecule has 1 N–H and O–H groups in total. The van der Waals surface area contributed by atoms with Gasteiger partial charge in [-0.2, -0.15) is 0 Å². The molecular formula is C13H15FN4O. The Morgan fingerprint density at radius 1 is 1.26 bits per heavy atom. The summed E-state index contributed by atoms with van der Waals surface area (Å²) in [5, 5.41) is 2.91. The van der Waals surface area contributed by atoms with Crippen molar-refractivity contribution in [3.05, 3.63) is 41.7 Å². The third-order valence-corrected chi connectivity index (χ3v) is 2.51. The maximum atomic E-state index is 13.6. The van der Waals surface area contributed by atoms with Gasteiger partial charge in [0.2, 0.25) is 5.88 Å². The molecule has 0 saturated carbocycles. The van der Waals surface area contributed by atoms with Crippen LogP contribution in [0.5, 0.6) is 5.88 Å². The predicted octanol–water partition coefficient (Wildman–Crippen LogP) is 2.33. The van der Waals surface area contributed by atoms with Crippen LogP contribution < -0.4 is 10.1 Å². The normalized spacial score (nSPS) is 10.3. The Bertz CT molecular complexity index is 545. The molecule has 5 nitrogen and oxygen atoms in total. The first kappa shape index (κ1) is 13.2. The quantitative estimate of drug-likeness (QED) is 0.896. The minimum absolute atomic E-state index is 0.196. The molecule has 2 heterocycles. The second-order valence-corrected chi connectivity index (χ2v) is 3.91. The molecule has 0 spiro atoms. The Hall–Kier alpha value is -2.24. The van der Waals surface area contributed by atoms with Crippen LogP contribution in [0.15, 0.2) is 24.7 Å². The van der Waals surface area contributed by atoms with Gasteiger partial charge in [0.15, 0.2) is 11.6 Å². The average molecular weight is 262 g/mol. The lowest BCUT2D eigenvalue weighted by molar-refractivity contribution is 0.326. The van der Waals surface area contributed by atoms with E-state index >= 15 is 0 Å². The predicted molar refractivity (Wildman–Crippen MR) is 69.5 cm³/mol. The topological polar surface area (TPSA) is 59.9 Å². The number of anilines is 1. The minimum atomic E-state index is -0.429. The van der Waals surface area contributed by atoms with Crippen LogP contribution in [0.25, 0.3) is 0 Å². The Morgan fingerprint density at radius 2 is 2.11 bits per heavy atom. The van der Waals surface area contributed by atoms with Crippen LogP contribution in [0, 0.1) is 12.7 Å². The number of halogens is 1. The van der Waals surface area contributed by atoms with Crippen LogP contribution in [-0.4, -0.2) is 21.6 Å². The lowest BCUT2D eigenvalue weighted by Crippen LogP contribution is -2.06. The highest BCUT2D eigenvalue weighted by molar-refractivity contribution is 5.37. The smallest absolute Gasteiger partial charge is 0.213 e. The van der Waals surface area contributed by atoms with Crippen molar-refractivity contribution < 1.29 is 9.13 Å². The first-order chi connectivity index (χ1) is 9.20. The molecule has 0 radical (unpaired) electrons. The van der Waals surface area contributed by atoms with Crippen molar-refractivity contribution >= 4 is 5.82 Å². The number of ether oxygens (including phenoxy) is 1. The van der Waals surface area contributed by atoms with Crippen LogP contribution in [0.3, 0.4) is 0 Å². The number of pyridine rings is 1. The monoisotopic (exact) mass is 262 g/mol. The van der Waals surface area contributed by atoms with Gasteiger partial charge in [0.05, 0.1) is 12.3 Å². The van der Waals surface area contributed by atoms with Gasteiger partial charge in [-0.05, 0) is 19.4 Å². The van der Waals surface area contributed by atoms with Crippen molar-refractivity contribution in [3.63, 3.8) is 0 Å². The Balaban J connectivity index is 2.00. The van der Waals surface area contributed by atoms with Crippen molar-refractivity contribution in [1.29, 1.82) is 0 Å². The van der Waals surface area contributed by atoms with E-state index in [9.17, 15) is 4.39 Å². The third-order valence-electron chi connectivity index (χ3n) is 2.51. The van der Waals surface area contributed by atoms with Gasteiger partial charge >= 0.3 is 0 Å². The van der Waals surface area contributed by atoms with E-state index in [1.165, 1.54) is 6.33 Å². The number of hydrogen-bond donors (Lipinski definition) is 1. The number of rotatable bonds is 5. The second kappa shape index (κ2) is 6.08. The van der Waals surface area contributed by atoms with E-state index in [2.05, 4.69) is 20.3 Å². The largest absolute Gasteiger partial charge is 0.478 e. The molecule has 2 aromatic rings. The number of nitrogens with zero attached hydrogens (tertiary/aromatic N) is 3. The molecule has 0 aliphatic carbocycles. The van der Waals surface area contributed by atoms with Crippen LogP contribution >= 0.6 is 0 Å². The van der Waals surface area contributed by atoms with Crippen molar-refractivity contribution in [1.82, 2.24) is 15.0 Å². The Kier molecular flexibility index (Phi) is 4.22. The second-order valence-electron chi connectivity index (χ2n) is 3.91. The first-order valence-corrected chi connectivity index (χ1v) is 5.99. The fourth-order valence-electron chi connectivity index (χ4n) is 1.52. The van der Waals surface area contributed by atoms with E-state index < -0.39 is 5.82 Å². The van der Waals surface area contributed by atoms with Gasteiger partial charge in [0.25, 0.3) is 0 Å². The summed E-state index contributed by atoms with van der Waals surface area (Å²) in [6.45, 7) is 4.51. The number of aromatic nitrogens is 3. The molecule has 100 valence electrons. The number of nitrogens with one attached hydrogen (secondary N) is 1. The van der Waals surface area contributed by atoms with Crippen LogP contribution in [0.1, 0.15) is 18.2 Å². The summed E-state index contributed by atoms with van der Waals surface area (Å²) < 4.78 is 18.9. The molecule has 2 aromatic heterocycles. The van der Waals surface area contributed by atoms with E-state index in [1.54, 1.807) is 19.2 Å². The van der Waals surface area contributed by atoms with Crippen molar-refractivity contribution in [2.24, 2.45) is 0 Å². The summed E-state index contributed by atoms with van der Waals surface area (Å²) >= 11 is 0. The first-order valence-electron chi connectivity index (χ1n) is 5.99. The molecule has 0 aromatic carbocycles. The average Bonchev–Trinajstić information content (AvgIpc) is 2.42. The summed E-state index contributed by atoms with van der Waals surface area (Å²) in [6.07, 6.45) is 3.02. The van der Waals surface area contributed by atoms with Gasteiger partial charge in [-0.3, -0.25) is 0 Å². The molecule has 0 atom stereocenters. The van der Waals surface area contributed by atoms with E-state index in [-0.39, 0.29) is 5.82 Å². The fourth-order valence-corrected chi connectivity index (χ4v) is 1.52. The minimum Gasteiger partial charge on any atom is -0.478 e. The fraction of sp³-hybridized carbons (Fsp3) is 0.308. The lowest BCUT2D eigenvalue weighted by Gasteiger charge is -2.08. The summed E-state index contributed by atoms with van der Waals surface area (Å²) in [5.41, 5.74) is 1.24. The van der Waals surface area contributed by atoms with Crippen molar-refractivity contribution in [2.45, 2.75) is 20.4 Å². The summed E-state index contributed by atoms with van der Waals surface area (Å²) in [4.78, 5) is 11.8. The molecule has 0 unspecified atom stereocenters. The number of hydrogen-bond acceptors (Lipinski definition) is 5. The van der Waals surface area contributed by atoms with E-state index in [1.807, 2.05) is 13.0 Å². The van der Waals surface area contributed by atoms with E-state index in [0.717, 1.165) is 5.56 Å². The van der Waals surface area contributed by atoms with Gasteiger partial charge in [0.1, 0.15) is 6.33 Å². The zero-order chi connectivity index (χ0) is 13.7. The molecule has 2 rings (SSSR count). The molecule has 0 aliphatic heterocycles. The zero-order valence-electron chi connectivity index (χ0n) is 10.9. The summed E-state index contributed by atoms with van der Waals surface area (Å²) in [5.74, 6) is 0.345. The SMILES string of the molecule is CCOc1ccc(CNc2ncnc(C)c2F)cn1. The van der Waals surface area contributed by atoms with Crippen LogP contribution in [0.4, 0.5) is 10.2 Å². The van der Waals surface area contributed by atoms with E-state index in [4.69, 9.17) is 4.74 Å². The van der Waals surface area contributed by atoms with Gasteiger partial charge in [-0.1, -0.05) is 6.07 Å². The third kappa shape index (κ3) is 3.37. The standard InChI is InChI=1S/C13H15FN4O/c1-3-19-11-5-4-10(6-15-11)7-16-13-12(14)9(2)17-8-18-13/h4-6,8H,3,7H2,1-2H3,(H,16,17,18). The number of aryl methyl sites for hydroxylation is 1. The van der Waals surface area contributed by atoms with Gasteiger partial charge in [0, 0.05) is 18.8 Å². The molecule has 19 heavy (non-hydrogen) atoms. The summed E-state index contributed by atoms with van der Waals surface area (Å²) in [7, 11) is 0. The lowest BCUT2D eigenvalue weighted by atomic mass is 10.3. The van der Waals surface area contributed by atoms with Crippen molar-refractivity contribution in [2.75, 3.05) is 11.9 Å². The Labute approximate surface area is 110 Å². The highest BCUT2D eigenvalue weighted by Crippen LogP contribution is 2.13. The van der Waals surface area contributed by atoms with Gasteiger partial charge in [-0.15, -0.1) is 0 Å². The molecule has 0 saturated heterocycles. The van der Waals surface area contributed by atoms with Crippen LogP contribution in [0.2, 0.25) is 0 Å². The molecule has 0 bridgehead atoms. The Morgan fingerprint density at radius 3 is 2.79 bits per heavy atom. The molecule has 0 amide bonds. The van der Waals surface area contributed by atoms with Gasteiger partial charge < -0.3 is 10.1 Å². The maximum Gasteiger partial charge on any atom is 0.213 e.